The minimum Gasteiger partial charge on any atom is -0.790 e. The first-order chi connectivity index (χ1) is 18.6. The van der Waals surface area contributed by atoms with E-state index >= 15 is 0 Å². The van der Waals surface area contributed by atoms with Gasteiger partial charge in [0.15, 0.2) is 0 Å². The maximum Gasteiger partial charge on any atom is 1.00 e. The average molecular weight is 595 g/mol. The van der Waals surface area contributed by atoms with Gasteiger partial charge in [-0.05, 0) is 38.1 Å². The molecule has 0 amide bonds. The molecule has 0 saturated carbocycles. The second-order valence-electron chi connectivity index (χ2n) is 9.80. The molecular formula is C32H32ClN4NaS2. The molecule has 6 aromatic rings. The summed E-state index contributed by atoms with van der Waals surface area (Å²) in [6, 6.07) is 20.4. The van der Waals surface area contributed by atoms with Crippen LogP contribution in [0.4, 0.5) is 0 Å². The summed E-state index contributed by atoms with van der Waals surface area (Å²) in [5, 5.41) is 6.10. The number of pyridine rings is 4. The van der Waals surface area contributed by atoms with Crippen molar-refractivity contribution in [3.63, 3.8) is 0 Å². The van der Waals surface area contributed by atoms with Gasteiger partial charge in [0.25, 0.3) is 0 Å². The van der Waals surface area contributed by atoms with Crippen molar-refractivity contribution in [3.05, 3.63) is 89.5 Å². The van der Waals surface area contributed by atoms with Crippen LogP contribution >= 0.6 is 23.4 Å². The second kappa shape index (κ2) is 14.8. The number of hydrogen-bond donors (Lipinski definition) is 0. The molecule has 8 heteroatoms. The van der Waals surface area contributed by atoms with E-state index < -0.39 is 0 Å². The van der Waals surface area contributed by atoms with E-state index in [4.69, 9.17) is 16.6 Å². The normalized spacial score (nSPS) is 10.8. The molecule has 4 nitrogen and oxygen atoms in total. The summed E-state index contributed by atoms with van der Waals surface area (Å²) in [7, 11) is 0. The first-order valence-electron chi connectivity index (χ1n) is 12.9. The van der Waals surface area contributed by atoms with E-state index in [1.807, 2.05) is 82.1 Å². The molecule has 0 aliphatic heterocycles. The van der Waals surface area contributed by atoms with E-state index in [2.05, 4.69) is 65.7 Å². The molecule has 0 saturated heterocycles. The third kappa shape index (κ3) is 8.09. The predicted octanol–water partition coefficient (Wildman–Crippen LogP) is 6.28. The molecule has 0 aliphatic rings. The molecule has 2 aromatic carbocycles. The Kier molecular flexibility index (Phi) is 12.1. The molecule has 0 radical (unpaired) electrons. The predicted molar refractivity (Wildman–Crippen MR) is 172 cm³/mol. The van der Waals surface area contributed by atoms with Crippen LogP contribution < -0.4 is 29.6 Å². The van der Waals surface area contributed by atoms with Gasteiger partial charge < -0.3 is 12.6 Å². The molecule has 4 heterocycles. The number of aryl methyl sites for hydroxylation is 2. The quantitative estimate of drug-likeness (QED) is 0.102. The summed E-state index contributed by atoms with van der Waals surface area (Å²) in [5.74, 6) is 0. The number of hydrogen-bond acceptors (Lipinski definition) is 6. The van der Waals surface area contributed by atoms with E-state index in [1.165, 1.54) is 10.3 Å². The fourth-order valence-electron chi connectivity index (χ4n) is 4.17. The maximum atomic E-state index is 6.19. The van der Waals surface area contributed by atoms with Crippen molar-refractivity contribution in [1.29, 1.82) is 0 Å². The van der Waals surface area contributed by atoms with E-state index in [0.717, 1.165) is 54.6 Å². The van der Waals surface area contributed by atoms with Crippen LogP contribution in [0.15, 0.2) is 78.0 Å². The summed E-state index contributed by atoms with van der Waals surface area (Å²) in [5.41, 5.74) is 5.76. The summed E-state index contributed by atoms with van der Waals surface area (Å²) < 4.78 is 0. The van der Waals surface area contributed by atoms with Gasteiger partial charge in [-0.1, -0.05) is 75.7 Å². The molecule has 0 unspecified atom stereocenters. The summed E-state index contributed by atoms with van der Waals surface area (Å²) in [4.78, 5) is 19.4. The third-order valence-electron chi connectivity index (χ3n) is 5.63. The fraction of sp³-hybridized carbons (Fsp3) is 0.250. The number of halogens is 1. The zero-order valence-corrected chi connectivity index (χ0v) is 28.5. The van der Waals surface area contributed by atoms with Crippen LogP contribution in [-0.2, 0) is 12.6 Å². The third-order valence-corrected chi connectivity index (χ3v) is 7.01. The average Bonchev–Trinajstić information content (AvgIpc) is 2.88. The van der Waals surface area contributed by atoms with E-state index in [0.29, 0.717) is 10.5 Å². The smallest absolute Gasteiger partial charge is 0.790 e. The van der Waals surface area contributed by atoms with Crippen LogP contribution in [0.5, 0.6) is 0 Å². The van der Waals surface area contributed by atoms with E-state index in [9.17, 15) is 0 Å². The summed E-state index contributed by atoms with van der Waals surface area (Å²) >= 11 is 12.7. The molecule has 0 atom stereocenters. The molecule has 0 fully saturated rings. The van der Waals surface area contributed by atoms with Crippen LogP contribution in [0.25, 0.3) is 43.6 Å². The van der Waals surface area contributed by atoms with Crippen LogP contribution in [0.1, 0.15) is 39.1 Å². The van der Waals surface area contributed by atoms with Crippen LogP contribution in [-0.4, -0.2) is 30.4 Å². The molecule has 0 bridgehead atoms. The van der Waals surface area contributed by atoms with Crippen molar-refractivity contribution in [2.45, 2.75) is 56.9 Å². The van der Waals surface area contributed by atoms with Crippen molar-refractivity contribution in [3.8, 4) is 0 Å². The van der Waals surface area contributed by atoms with E-state index in [1.54, 1.807) is 6.20 Å². The van der Waals surface area contributed by atoms with Gasteiger partial charge in [-0.3, -0.25) is 19.9 Å². The molecule has 0 N–H and O–H groups in total. The SMILES string of the molecule is CC(C)[S-].Cc1cc(Cl)c2ccc3cccnc3c2n1.Cc1cc(SC(C)C)c2ccc3cccnc3c2n1.[Na+]. The van der Waals surface area contributed by atoms with Gasteiger partial charge in [0, 0.05) is 55.5 Å². The van der Waals surface area contributed by atoms with Gasteiger partial charge in [-0.15, -0.1) is 11.8 Å². The molecule has 4 aromatic heterocycles. The Balaban J connectivity index is 0.000000192. The Hall–Kier alpha value is -1.93. The Morgan fingerprint density at radius 2 is 1.18 bits per heavy atom. The van der Waals surface area contributed by atoms with E-state index in [-0.39, 0.29) is 29.6 Å². The molecule has 6 rings (SSSR count). The summed E-state index contributed by atoms with van der Waals surface area (Å²) in [6.45, 7) is 12.4. The Labute approximate surface area is 273 Å². The number of thioether (sulfide) groups is 1. The maximum absolute atomic E-state index is 6.19. The topological polar surface area (TPSA) is 51.6 Å². The zero-order valence-electron chi connectivity index (χ0n) is 24.1. The Morgan fingerprint density at radius 3 is 1.70 bits per heavy atom. The number of aromatic nitrogens is 4. The standard InChI is InChI=1S/C16H16N2S.C13H9ClN2.C3H8S.Na/c1-10(2)19-14-9-11(3)18-16-13(14)7-6-12-5-4-8-17-15(12)16;1-8-7-11(14)10-5-4-9-3-2-6-15-12(9)13(10)16-8;1-3(2)4;/h4-10H,1-3H3;2-7H,1H3;3-4H,1-2H3;/q;;;+1/p-1. The first kappa shape index (κ1) is 32.6. The number of nitrogens with zero attached hydrogens (tertiary/aromatic N) is 4. The molecular weight excluding hydrogens is 563 g/mol. The van der Waals surface area contributed by atoms with Crippen molar-refractivity contribution >= 4 is 79.6 Å². The minimum atomic E-state index is 0. The fourth-order valence-corrected chi connectivity index (χ4v) is 5.52. The van der Waals surface area contributed by atoms with Gasteiger partial charge in [0.05, 0.1) is 27.1 Å². The van der Waals surface area contributed by atoms with Crippen molar-refractivity contribution in [1.82, 2.24) is 19.9 Å². The largest absolute Gasteiger partial charge is 1.00 e. The summed E-state index contributed by atoms with van der Waals surface area (Å²) in [6.07, 6.45) is 3.61. The van der Waals surface area contributed by atoms with Crippen molar-refractivity contribution < 1.29 is 29.6 Å². The van der Waals surface area contributed by atoms with Gasteiger partial charge in [-0.2, -0.15) is 5.25 Å². The minimum absolute atomic E-state index is 0. The van der Waals surface area contributed by atoms with Crippen LogP contribution in [0.2, 0.25) is 5.02 Å². The first-order valence-corrected chi connectivity index (χ1v) is 14.6. The Bertz CT molecular complexity index is 1760. The van der Waals surface area contributed by atoms with Gasteiger partial charge in [0.1, 0.15) is 0 Å². The van der Waals surface area contributed by atoms with Gasteiger partial charge in [0.2, 0.25) is 0 Å². The zero-order chi connectivity index (χ0) is 28.1. The Morgan fingerprint density at radius 1 is 0.700 bits per heavy atom. The molecule has 0 aliphatic carbocycles. The van der Waals surface area contributed by atoms with Gasteiger partial charge in [-0.25, -0.2) is 0 Å². The second-order valence-corrected chi connectivity index (χ2v) is 12.8. The number of benzene rings is 2. The molecule has 40 heavy (non-hydrogen) atoms. The monoisotopic (exact) mass is 594 g/mol. The van der Waals surface area contributed by atoms with Crippen molar-refractivity contribution in [2.75, 3.05) is 0 Å². The van der Waals surface area contributed by atoms with Crippen molar-refractivity contribution in [2.24, 2.45) is 0 Å². The van der Waals surface area contributed by atoms with Gasteiger partial charge >= 0.3 is 29.6 Å². The number of rotatable bonds is 2. The molecule has 200 valence electrons. The molecule has 0 spiro atoms. The number of fused-ring (bicyclic) bond motifs is 6. The van der Waals surface area contributed by atoms with Crippen LogP contribution in [0.3, 0.4) is 0 Å². The van der Waals surface area contributed by atoms with Crippen LogP contribution in [0, 0.1) is 13.8 Å².